The van der Waals surface area contributed by atoms with E-state index >= 15 is 0 Å². The van der Waals surface area contributed by atoms with Crippen LogP contribution in [0.3, 0.4) is 0 Å². The van der Waals surface area contributed by atoms with Gasteiger partial charge in [-0.25, -0.2) is 9.37 Å². The van der Waals surface area contributed by atoms with Gasteiger partial charge in [0.25, 0.3) is 0 Å². The van der Waals surface area contributed by atoms with Gasteiger partial charge in [0.1, 0.15) is 11.0 Å². The molecule has 1 saturated heterocycles. The van der Waals surface area contributed by atoms with Gasteiger partial charge in [-0.3, -0.25) is 0 Å². The van der Waals surface area contributed by atoms with E-state index in [9.17, 15) is 4.39 Å². The second-order valence-corrected chi connectivity index (χ2v) is 7.78. The average Bonchev–Trinajstić information content (AvgIpc) is 3.03. The highest BCUT2D eigenvalue weighted by molar-refractivity contribution is 7.18. The minimum atomic E-state index is -0.209. The van der Waals surface area contributed by atoms with Gasteiger partial charge < -0.3 is 15.8 Å². The topological polar surface area (TPSA) is 60.2 Å². The van der Waals surface area contributed by atoms with Crippen molar-refractivity contribution in [2.45, 2.75) is 32.4 Å². The van der Waals surface area contributed by atoms with E-state index in [1.54, 1.807) is 29.5 Å². The quantitative estimate of drug-likeness (QED) is 0.590. The molecule has 4 nitrogen and oxygen atoms in total. The first-order valence-electron chi connectivity index (χ1n) is 8.89. The zero-order valence-corrected chi connectivity index (χ0v) is 16.7. The van der Waals surface area contributed by atoms with Crippen LogP contribution in [0.5, 0.6) is 0 Å². The lowest BCUT2D eigenvalue weighted by molar-refractivity contribution is 0.0822. The van der Waals surface area contributed by atoms with E-state index in [-0.39, 0.29) is 5.82 Å². The monoisotopic (exact) mass is 407 g/mol. The van der Waals surface area contributed by atoms with E-state index in [1.165, 1.54) is 6.07 Å². The predicted molar refractivity (Wildman–Crippen MR) is 111 cm³/mol. The first-order chi connectivity index (χ1) is 13.0. The number of hydrogen-bond acceptors (Lipinski definition) is 5. The fourth-order valence-electron chi connectivity index (χ4n) is 2.82. The van der Waals surface area contributed by atoms with Crippen molar-refractivity contribution in [2.75, 3.05) is 18.5 Å². The third-order valence-electron chi connectivity index (χ3n) is 4.29. The van der Waals surface area contributed by atoms with Gasteiger partial charge in [0.15, 0.2) is 0 Å². The molecule has 7 heteroatoms. The molecule has 4 rings (SSSR count). The number of hydrogen-bond donors (Lipinski definition) is 2. The summed E-state index contributed by atoms with van der Waals surface area (Å²) in [5.41, 5.74) is 9.03. The molecule has 144 valence electrons. The number of pyridine rings is 1. The number of rotatable bonds is 3. The molecule has 3 aromatic rings. The van der Waals surface area contributed by atoms with Gasteiger partial charge in [0.2, 0.25) is 0 Å². The van der Waals surface area contributed by atoms with Gasteiger partial charge in [0.05, 0.1) is 22.5 Å². The Morgan fingerprint density at radius 3 is 2.89 bits per heavy atom. The predicted octanol–water partition coefficient (Wildman–Crippen LogP) is 5.13. The van der Waals surface area contributed by atoms with Crippen molar-refractivity contribution in [1.29, 1.82) is 0 Å². The van der Waals surface area contributed by atoms with Crippen molar-refractivity contribution in [3.8, 4) is 0 Å². The third-order valence-corrected chi connectivity index (χ3v) is 5.61. The van der Waals surface area contributed by atoms with E-state index in [0.717, 1.165) is 47.5 Å². The molecule has 1 atom stereocenters. The van der Waals surface area contributed by atoms with Gasteiger partial charge in [-0.1, -0.05) is 29.8 Å². The smallest absolute Gasteiger partial charge is 0.131 e. The van der Waals surface area contributed by atoms with Crippen LogP contribution < -0.4 is 11.1 Å². The lowest BCUT2D eigenvalue weighted by Gasteiger charge is -2.16. The standard InChI is InChI=1S/C15H12ClFN2S.C5H11NO/c1-9-8-20-15-12(6-13(16)19-14(9)15)18-7-10-4-2-3-5-11(10)17;6-5-2-1-3-7-4-5/h2-6,8H,7H2,1H3,(H,18,19);5H,1-4,6H2. The van der Waals surface area contributed by atoms with Crippen molar-refractivity contribution in [2.24, 2.45) is 5.73 Å². The first-order valence-corrected chi connectivity index (χ1v) is 10.2. The number of halogens is 2. The summed E-state index contributed by atoms with van der Waals surface area (Å²) in [6.45, 7) is 4.09. The summed E-state index contributed by atoms with van der Waals surface area (Å²) in [5.74, 6) is -0.209. The number of aromatic nitrogens is 1. The highest BCUT2D eigenvalue weighted by atomic mass is 35.5. The van der Waals surface area contributed by atoms with Crippen molar-refractivity contribution in [1.82, 2.24) is 4.98 Å². The van der Waals surface area contributed by atoms with Crippen LogP contribution in [-0.2, 0) is 11.3 Å². The van der Waals surface area contributed by atoms with E-state index in [0.29, 0.717) is 23.3 Å². The van der Waals surface area contributed by atoms with Gasteiger partial charge >= 0.3 is 0 Å². The average molecular weight is 408 g/mol. The largest absolute Gasteiger partial charge is 0.380 e. The van der Waals surface area contributed by atoms with E-state index in [2.05, 4.69) is 10.3 Å². The lowest BCUT2D eigenvalue weighted by Crippen LogP contribution is -2.30. The summed E-state index contributed by atoms with van der Waals surface area (Å²) in [5, 5.41) is 5.73. The zero-order valence-electron chi connectivity index (χ0n) is 15.2. The maximum Gasteiger partial charge on any atom is 0.131 e. The van der Waals surface area contributed by atoms with Crippen LogP contribution >= 0.6 is 22.9 Å². The number of aryl methyl sites for hydroxylation is 1. The van der Waals surface area contributed by atoms with Gasteiger partial charge in [-0.15, -0.1) is 11.3 Å². The molecule has 0 aliphatic carbocycles. The summed E-state index contributed by atoms with van der Waals surface area (Å²) in [7, 11) is 0. The highest BCUT2D eigenvalue weighted by Gasteiger charge is 2.10. The molecule has 1 aromatic carbocycles. The van der Waals surface area contributed by atoms with Crippen LogP contribution in [0.25, 0.3) is 10.2 Å². The molecule has 3 N–H and O–H groups in total. The van der Waals surface area contributed by atoms with Crippen LogP contribution in [0.2, 0.25) is 5.15 Å². The molecule has 1 aliphatic heterocycles. The summed E-state index contributed by atoms with van der Waals surface area (Å²) >= 11 is 7.66. The number of anilines is 1. The number of nitrogens with zero attached hydrogens (tertiary/aromatic N) is 1. The van der Waals surface area contributed by atoms with Gasteiger partial charge in [-0.2, -0.15) is 0 Å². The zero-order chi connectivity index (χ0) is 19.2. The molecule has 1 unspecified atom stereocenters. The van der Waals surface area contributed by atoms with Crippen molar-refractivity contribution in [3.63, 3.8) is 0 Å². The van der Waals surface area contributed by atoms with Crippen molar-refractivity contribution in [3.05, 3.63) is 57.8 Å². The molecule has 0 bridgehead atoms. The number of ether oxygens (including phenoxy) is 1. The molecule has 1 aliphatic rings. The molecule has 0 amide bonds. The van der Waals surface area contributed by atoms with Crippen molar-refractivity contribution < 1.29 is 9.13 Å². The number of nitrogens with one attached hydrogen (secondary N) is 1. The fraction of sp³-hybridized carbons (Fsp3) is 0.350. The molecule has 27 heavy (non-hydrogen) atoms. The summed E-state index contributed by atoms with van der Waals surface area (Å²) in [6, 6.07) is 8.83. The van der Waals surface area contributed by atoms with Crippen LogP contribution in [0.4, 0.5) is 10.1 Å². The van der Waals surface area contributed by atoms with E-state index in [4.69, 9.17) is 22.1 Å². The second kappa shape index (κ2) is 9.46. The minimum absolute atomic E-state index is 0.209. The Labute approximate surface area is 167 Å². The fourth-order valence-corrected chi connectivity index (χ4v) is 4.00. The Hall–Kier alpha value is -1.73. The summed E-state index contributed by atoms with van der Waals surface area (Å²) in [6.07, 6.45) is 2.28. The SMILES string of the molecule is Cc1csc2c(NCc3ccccc3F)cc(Cl)nc12.NC1CCCOC1. The third kappa shape index (κ3) is 5.39. The summed E-state index contributed by atoms with van der Waals surface area (Å²) < 4.78 is 19.7. The Bertz CT molecular complexity index is 896. The Morgan fingerprint density at radius 2 is 2.22 bits per heavy atom. The van der Waals surface area contributed by atoms with Crippen LogP contribution in [0.15, 0.2) is 35.7 Å². The Kier molecular flexibility index (Phi) is 7.01. The molecule has 2 aromatic heterocycles. The number of thiophene rings is 1. The maximum atomic E-state index is 13.6. The lowest BCUT2D eigenvalue weighted by atomic mass is 10.1. The molecule has 0 radical (unpaired) electrons. The minimum Gasteiger partial charge on any atom is -0.380 e. The van der Waals surface area contributed by atoms with Crippen LogP contribution in [0.1, 0.15) is 24.0 Å². The highest BCUT2D eigenvalue weighted by Crippen LogP contribution is 2.33. The number of nitrogens with two attached hydrogens (primary N) is 1. The molecular weight excluding hydrogens is 385 g/mol. The van der Waals surface area contributed by atoms with E-state index in [1.807, 2.05) is 18.4 Å². The summed E-state index contributed by atoms with van der Waals surface area (Å²) in [4.78, 5) is 4.33. The van der Waals surface area contributed by atoms with Crippen LogP contribution in [0, 0.1) is 12.7 Å². The number of fused-ring (bicyclic) bond motifs is 1. The molecular formula is C20H23ClFN3OS. The van der Waals surface area contributed by atoms with Gasteiger partial charge in [0, 0.05) is 30.8 Å². The first kappa shape index (κ1) is 20.0. The normalized spacial score (nSPS) is 16.7. The molecule has 0 spiro atoms. The second-order valence-electron chi connectivity index (χ2n) is 6.51. The Morgan fingerprint density at radius 1 is 1.41 bits per heavy atom. The van der Waals surface area contributed by atoms with Crippen molar-refractivity contribution >= 4 is 38.8 Å². The Balaban J connectivity index is 0.000000253. The van der Waals surface area contributed by atoms with E-state index < -0.39 is 0 Å². The molecule has 3 heterocycles. The maximum absolute atomic E-state index is 13.6. The van der Waals surface area contributed by atoms with Gasteiger partial charge in [-0.05, 0) is 36.8 Å². The van der Waals surface area contributed by atoms with Crippen LogP contribution in [-0.4, -0.2) is 24.2 Å². The molecule has 0 saturated carbocycles. The molecule has 1 fully saturated rings. The number of benzene rings is 1.